The lowest BCUT2D eigenvalue weighted by Gasteiger charge is -2.16. The fourth-order valence-corrected chi connectivity index (χ4v) is 1.82. The van der Waals surface area contributed by atoms with Gasteiger partial charge >= 0.3 is 5.97 Å². The number of ketones is 1. The number of carbonyl (C=O) groups is 3. The van der Waals surface area contributed by atoms with Crippen LogP contribution >= 0.6 is 0 Å². The Morgan fingerprint density at radius 3 is 2.38 bits per heavy atom. The van der Waals surface area contributed by atoms with E-state index >= 15 is 0 Å². The predicted molar refractivity (Wildman–Crippen MR) is 77.3 cm³/mol. The number of hydrogen-bond donors (Lipinski definition) is 2. The summed E-state index contributed by atoms with van der Waals surface area (Å²) in [4.78, 5) is 35.2. The molecule has 0 aromatic heterocycles. The lowest BCUT2D eigenvalue weighted by atomic mass is 9.99. The number of benzene rings is 1. The number of nitrogens with two attached hydrogens (primary N) is 1. The molecule has 2 atom stereocenters. The Kier molecular flexibility index (Phi) is 6.55. The zero-order valence-corrected chi connectivity index (χ0v) is 12.2. The maximum Gasteiger partial charge on any atom is 0.318 e. The molecule has 0 heterocycles. The van der Waals surface area contributed by atoms with Crippen molar-refractivity contribution >= 4 is 17.7 Å². The standard InChI is InChI=1S/C15H20N2O4/c1-10(16)14(19)12(15(20)21-2)9-17-13(18)8-11-6-4-3-5-7-11/h3-7,10,12H,8-9,16H2,1-2H3,(H,17,18)/t10-,12?/m0/s1. The quantitative estimate of drug-likeness (QED) is 0.546. The van der Waals surface area contributed by atoms with Gasteiger partial charge in [0.05, 0.1) is 19.6 Å². The first-order valence-corrected chi connectivity index (χ1v) is 6.63. The average molecular weight is 292 g/mol. The van der Waals surface area contributed by atoms with Crippen molar-refractivity contribution in [2.75, 3.05) is 13.7 Å². The molecule has 1 unspecified atom stereocenters. The van der Waals surface area contributed by atoms with Crippen LogP contribution in [0.4, 0.5) is 0 Å². The van der Waals surface area contributed by atoms with Gasteiger partial charge in [0, 0.05) is 6.54 Å². The molecule has 1 aromatic carbocycles. The molecule has 114 valence electrons. The minimum Gasteiger partial charge on any atom is -0.468 e. The number of Topliss-reactive ketones (excluding diaryl/α,β-unsaturated/α-hetero) is 1. The number of nitrogens with one attached hydrogen (secondary N) is 1. The van der Waals surface area contributed by atoms with Gasteiger partial charge in [0.1, 0.15) is 5.92 Å². The monoisotopic (exact) mass is 292 g/mol. The highest BCUT2D eigenvalue weighted by Crippen LogP contribution is 2.04. The lowest BCUT2D eigenvalue weighted by molar-refractivity contribution is -0.149. The van der Waals surface area contributed by atoms with Crippen molar-refractivity contribution in [2.24, 2.45) is 11.7 Å². The third-order valence-corrected chi connectivity index (χ3v) is 2.99. The van der Waals surface area contributed by atoms with Crippen molar-refractivity contribution in [2.45, 2.75) is 19.4 Å². The van der Waals surface area contributed by atoms with Gasteiger partial charge in [-0.2, -0.15) is 0 Å². The molecule has 1 aromatic rings. The number of methoxy groups -OCH3 is 1. The van der Waals surface area contributed by atoms with Crippen LogP contribution in [0.5, 0.6) is 0 Å². The van der Waals surface area contributed by atoms with Crippen LogP contribution < -0.4 is 11.1 Å². The Bertz CT molecular complexity index is 500. The van der Waals surface area contributed by atoms with Gasteiger partial charge in [-0.05, 0) is 12.5 Å². The van der Waals surface area contributed by atoms with Crippen molar-refractivity contribution in [3.63, 3.8) is 0 Å². The molecule has 21 heavy (non-hydrogen) atoms. The van der Waals surface area contributed by atoms with E-state index in [1.807, 2.05) is 30.3 Å². The Labute approximate surface area is 123 Å². The summed E-state index contributed by atoms with van der Waals surface area (Å²) in [5.74, 6) is -2.50. The summed E-state index contributed by atoms with van der Waals surface area (Å²) in [6.07, 6.45) is 0.182. The van der Waals surface area contributed by atoms with E-state index in [4.69, 9.17) is 5.73 Å². The molecule has 0 aliphatic heterocycles. The number of esters is 1. The number of carbonyl (C=O) groups excluding carboxylic acids is 3. The van der Waals surface area contributed by atoms with Gasteiger partial charge in [-0.3, -0.25) is 14.4 Å². The van der Waals surface area contributed by atoms with Gasteiger partial charge in [0.2, 0.25) is 5.91 Å². The fourth-order valence-electron chi connectivity index (χ4n) is 1.82. The summed E-state index contributed by atoms with van der Waals surface area (Å²) in [6, 6.07) is 8.38. The third-order valence-electron chi connectivity index (χ3n) is 2.99. The number of rotatable bonds is 7. The van der Waals surface area contributed by atoms with E-state index in [-0.39, 0.29) is 18.9 Å². The van der Waals surface area contributed by atoms with Crippen LogP contribution in [0.1, 0.15) is 12.5 Å². The Morgan fingerprint density at radius 2 is 1.86 bits per heavy atom. The van der Waals surface area contributed by atoms with E-state index in [1.165, 1.54) is 14.0 Å². The second-order valence-electron chi connectivity index (χ2n) is 4.73. The maximum atomic E-state index is 11.8. The molecular formula is C15H20N2O4. The molecule has 0 bridgehead atoms. The van der Waals surface area contributed by atoms with Crippen LogP contribution in [-0.2, 0) is 25.5 Å². The van der Waals surface area contributed by atoms with Crippen molar-refractivity contribution in [3.05, 3.63) is 35.9 Å². The summed E-state index contributed by atoms with van der Waals surface area (Å²) in [7, 11) is 1.19. The minimum atomic E-state index is -1.07. The van der Waals surface area contributed by atoms with Crippen molar-refractivity contribution < 1.29 is 19.1 Å². The van der Waals surface area contributed by atoms with Crippen LogP contribution in [-0.4, -0.2) is 37.4 Å². The van der Waals surface area contributed by atoms with Crippen LogP contribution in [0.25, 0.3) is 0 Å². The second kappa shape index (κ2) is 8.16. The van der Waals surface area contributed by atoms with E-state index < -0.39 is 23.7 Å². The van der Waals surface area contributed by atoms with Gasteiger partial charge in [-0.1, -0.05) is 30.3 Å². The van der Waals surface area contributed by atoms with Crippen LogP contribution in [0, 0.1) is 5.92 Å². The fraction of sp³-hybridized carbons (Fsp3) is 0.400. The van der Waals surface area contributed by atoms with E-state index in [1.54, 1.807) is 0 Å². The summed E-state index contributed by atoms with van der Waals surface area (Å²) in [5.41, 5.74) is 6.34. The highest BCUT2D eigenvalue weighted by Gasteiger charge is 2.29. The summed E-state index contributed by atoms with van der Waals surface area (Å²) in [5, 5.41) is 2.57. The highest BCUT2D eigenvalue weighted by molar-refractivity contribution is 6.02. The molecule has 0 fully saturated rings. The van der Waals surface area contributed by atoms with Gasteiger partial charge in [-0.15, -0.1) is 0 Å². The first-order valence-electron chi connectivity index (χ1n) is 6.63. The normalized spacial score (nSPS) is 13.1. The molecule has 3 N–H and O–H groups in total. The van der Waals surface area contributed by atoms with E-state index in [0.717, 1.165) is 5.56 Å². The Morgan fingerprint density at radius 1 is 1.24 bits per heavy atom. The van der Waals surface area contributed by atoms with Crippen molar-refractivity contribution in [3.8, 4) is 0 Å². The first kappa shape index (κ1) is 16.8. The third kappa shape index (κ3) is 5.35. The molecule has 6 nitrogen and oxygen atoms in total. The lowest BCUT2D eigenvalue weighted by Crippen LogP contribution is -2.44. The smallest absolute Gasteiger partial charge is 0.318 e. The maximum absolute atomic E-state index is 11.8. The van der Waals surface area contributed by atoms with Gasteiger partial charge in [0.25, 0.3) is 0 Å². The number of amides is 1. The SMILES string of the molecule is COC(=O)C(CNC(=O)Cc1ccccc1)C(=O)[C@H](C)N. The van der Waals surface area contributed by atoms with Crippen LogP contribution in [0.15, 0.2) is 30.3 Å². The molecule has 0 saturated carbocycles. The number of hydrogen-bond acceptors (Lipinski definition) is 5. The molecule has 0 spiro atoms. The molecule has 0 saturated heterocycles. The molecule has 6 heteroatoms. The molecule has 0 aliphatic carbocycles. The second-order valence-corrected chi connectivity index (χ2v) is 4.73. The average Bonchev–Trinajstić information content (AvgIpc) is 2.47. The van der Waals surface area contributed by atoms with Crippen molar-refractivity contribution in [1.82, 2.24) is 5.32 Å². The molecular weight excluding hydrogens is 272 g/mol. The van der Waals surface area contributed by atoms with E-state index in [9.17, 15) is 14.4 Å². The Hall–Kier alpha value is -2.21. The van der Waals surface area contributed by atoms with E-state index in [0.29, 0.717) is 0 Å². The molecule has 0 aliphatic rings. The summed E-state index contributed by atoms with van der Waals surface area (Å²) in [6.45, 7) is 1.38. The summed E-state index contributed by atoms with van der Waals surface area (Å²) >= 11 is 0. The first-order chi connectivity index (χ1) is 9.95. The number of ether oxygens (including phenoxy) is 1. The molecule has 0 radical (unpaired) electrons. The largest absolute Gasteiger partial charge is 0.468 e. The predicted octanol–water partition coefficient (Wildman–Crippen LogP) is 0.0508. The molecule has 1 rings (SSSR count). The zero-order chi connectivity index (χ0) is 15.8. The summed E-state index contributed by atoms with van der Waals surface area (Å²) < 4.78 is 4.57. The van der Waals surface area contributed by atoms with Crippen LogP contribution in [0.3, 0.4) is 0 Å². The highest BCUT2D eigenvalue weighted by atomic mass is 16.5. The Balaban J connectivity index is 2.58. The minimum absolute atomic E-state index is 0.112. The van der Waals surface area contributed by atoms with Gasteiger partial charge in [-0.25, -0.2) is 0 Å². The van der Waals surface area contributed by atoms with Crippen molar-refractivity contribution in [1.29, 1.82) is 0 Å². The zero-order valence-electron chi connectivity index (χ0n) is 12.2. The van der Waals surface area contributed by atoms with Gasteiger partial charge < -0.3 is 15.8 Å². The molecule has 1 amide bonds. The van der Waals surface area contributed by atoms with E-state index in [2.05, 4.69) is 10.1 Å². The van der Waals surface area contributed by atoms with Crippen LogP contribution in [0.2, 0.25) is 0 Å². The topological polar surface area (TPSA) is 98.5 Å². The van der Waals surface area contributed by atoms with Gasteiger partial charge in [0.15, 0.2) is 5.78 Å².